The van der Waals surface area contributed by atoms with Crippen LogP contribution in [0.2, 0.25) is 0 Å². The van der Waals surface area contributed by atoms with E-state index < -0.39 is 40.1 Å². The second-order valence-electron chi connectivity index (χ2n) is 10.2. The lowest BCUT2D eigenvalue weighted by molar-refractivity contribution is -0.119. The van der Waals surface area contributed by atoms with Gasteiger partial charge in [-0.15, -0.1) is 11.3 Å². The average molecular weight is 582 g/mol. The number of carbonyl (C=O) groups excluding carboxylic acids is 4. The molecule has 0 radical (unpaired) electrons. The van der Waals surface area contributed by atoms with Crippen molar-refractivity contribution >= 4 is 49.8 Å². The second-order valence-corrected chi connectivity index (χ2v) is 13.2. The molecular formula is C29H27NO8S2. The molecule has 0 bridgehead atoms. The molecule has 0 unspecified atom stereocenters. The van der Waals surface area contributed by atoms with Gasteiger partial charge < -0.3 is 14.8 Å². The number of rotatable bonds is 6. The van der Waals surface area contributed by atoms with Crippen LogP contribution in [-0.2, 0) is 36.9 Å². The van der Waals surface area contributed by atoms with Crippen LogP contribution < -0.4 is 5.32 Å². The fraction of sp³-hybridized carbons (Fsp3) is 0.310. The van der Waals surface area contributed by atoms with Crippen molar-refractivity contribution in [1.29, 1.82) is 0 Å². The first kappa shape index (κ1) is 27.7. The number of nitrogens with one attached hydrogen (secondary N) is 1. The van der Waals surface area contributed by atoms with E-state index in [0.717, 1.165) is 29.3 Å². The Bertz CT molecular complexity index is 1670. The Balaban J connectivity index is 1.32. The maximum Gasteiger partial charge on any atom is 0.341 e. The lowest BCUT2D eigenvalue weighted by Crippen LogP contribution is -2.23. The summed E-state index contributed by atoms with van der Waals surface area (Å²) in [6.45, 7) is 4.96. The number of anilines is 1. The summed E-state index contributed by atoms with van der Waals surface area (Å²) >= 11 is 1.32. The molecule has 1 amide bonds. The first-order valence-corrected chi connectivity index (χ1v) is 15.1. The summed E-state index contributed by atoms with van der Waals surface area (Å²) in [6, 6.07) is 9.53. The van der Waals surface area contributed by atoms with Crippen molar-refractivity contribution in [2.24, 2.45) is 5.92 Å². The van der Waals surface area contributed by atoms with Gasteiger partial charge in [0, 0.05) is 16.0 Å². The number of esters is 2. The SMILES string of the molecule is CC(C)OC(=O)c1c(NC(=O)COC(=O)c2ccc3c(c2)S(=O)(=O)c2ccccc2C3=O)sc2c1CC[C@H](C)C2. The zero-order valence-electron chi connectivity index (χ0n) is 22.1. The van der Waals surface area contributed by atoms with E-state index in [1.807, 2.05) is 0 Å². The normalized spacial score (nSPS) is 16.9. The molecule has 2 aromatic carbocycles. The minimum Gasteiger partial charge on any atom is -0.459 e. The number of ketones is 1. The minimum atomic E-state index is -4.04. The fourth-order valence-electron chi connectivity index (χ4n) is 4.92. The van der Waals surface area contributed by atoms with Crippen LogP contribution in [0.25, 0.3) is 0 Å². The van der Waals surface area contributed by atoms with Crippen LogP contribution in [-0.4, -0.2) is 44.8 Å². The highest BCUT2D eigenvalue weighted by atomic mass is 32.2. The Hall–Kier alpha value is -3.83. The smallest absolute Gasteiger partial charge is 0.341 e. The van der Waals surface area contributed by atoms with Crippen molar-refractivity contribution in [1.82, 2.24) is 0 Å². The van der Waals surface area contributed by atoms with Crippen LogP contribution in [0.5, 0.6) is 0 Å². The van der Waals surface area contributed by atoms with E-state index in [-0.39, 0.29) is 32.6 Å². The molecule has 9 nitrogen and oxygen atoms in total. The van der Waals surface area contributed by atoms with Crippen LogP contribution in [0, 0.1) is 5.92 Å². The number of benzene rings is 2. The number of amides is 1. The van der Waals surface area contributed by atoms with Crippen LogP contribution in [0.15, 0.2) is 52.3 Å². The highest BCUT2D eigenvalue weighted by Gasteiger charge is 2.35. The molecule has 1 aliphatic carbocycles. The van der Waals surface area contributed by atoms with Gasteiger partial charge in [0.2, 0.25) is 9.84 Å². The monoisotopic (exact) mass is 581 g/mol. The van der Waals surface area contributed by atoms with Gasteiger partial charge in [0.25, 0.3) is 5.91 Å². The molecule has 1 N–H and O–H groups in total. The van der Waals surface area contributed by atoms with E-state index in [1.165, 1.54) is 41.7 Å². The molecular weight excluding hydrogens is 554 g/mol. The standard InChI is InChI=1S/C29H27NO8S2/c1-15(2)38-29(34)25-18-10-8-16(3)12-21(18)39-27(25)30-24(31)14-37-28(33)17-9-11-20-23(13-17)40(35,36)22-7-5-4-6-19(22)26(20)32/h4-7,9,11,13,15-16H,8,10,12,14H2,1-3H3,(H,30,31)/t16-/m0/s1. The Labute approximate surface area is 235 Å². The summed E-state index contributed by atoms with van der Waals surface area (Å²) in [5.41, 5.74) is 1.13. The van der Waals surface area contributed by atoms with E-state index in [2.05, 4.69) is 12.2 Å². The molecule has 11 heteroatoms. The first-order chi connectivity index (χ1) is 19.0. The van der Waals surface area contributed by atoms with Gasteiger partial charge in [-0.2, -0.15) is 0 Å². The van der Waals surface area contributed by atoms with Gasteiger partial charge in [-0.3, -0.25) is 9.59 Å². The number of fused-ring (bicyclic) bond motifs is 3. The molecule has 0 fully saturated rings. The highest BCUT2D eigenvalue weighted by molar-refractivity contribution is 7.91. The van der Waals surface area contributed by atoms with Crippen LogP contribution in [0.1, 0.15) is 74.3 Å². The van der Waals surface area contributed by atoms with E-state index in [1.54, 1.807) is 19.9 Å². The van der Waals surface area contributed by atoms with Crippen molar-refractivity contribution in [2.45, 2.75) is 55.9 Å². The van der Waals surface area contributed by atoms with Gasteiger partial charge in [0.1, 0.15) is 5.00 Å². The van der Waals surface area contributed by atoms with Crippen molar-refractivity contribution in [3.63, 3.8) is 0 Å². The Kier molecular flexibility index (Phi) is 7.36. The zero-order valence-corrected chi connectivity index (χ0v) is 23.7. The third kappa shape index (κ3) is 5.06. The largest absolute Gasteiger partial charge is 0.459 e. The fourth-order valence-corrected chi connectivity index (χ4v) is 8.01. The molecule has 0 saturated carbocycles. The lowest BCUT2D eigenvalue weighted by Gasteiger charge is -2.19. The molecule has 3 aromatic rings. The van der Waals surface area contributed by atoms with Gasteiger partial charge >= 0.3 is 11.9 Å². The van der Waals surface area contributed by atoms with Crippen LogP contribution in [0.3, 0.4) is 0 Å². The zero-order chi connectivity index (χ0) is 28.8. The van der Waals surface area contributed by atoms with E-state index in [4.69, 9.17) is 9.47 Å². The number of carbonyl (C=O) groups is 4. The molecule has 1 atom stereocenters. The van der Waals surface area contributed by atoms with Crippen molar-refractivity contribution in [3.05, 3.63) is 75.2 Å². The molecule has 2 aliphatic rings. The summed E-state index contributed by atoms with van der Waals surface area (Å²) in [7, 11) is -4.04. The Morgan fingerprint density at radius 2 is 1.77 bits per heavy atom. The highest BCUT2D eigenvalue weighted by Crippen LogP contribution is 2.40. The quantitative estimate of drug-likeness (QED) is 0.327. The molecule has 0 saturated heterocycles. The van der Waals surface area contributed by atoms with Crippen molar-refractivity contribution < 1.29 is 37.1 Å². The predicted octanol–water partition coefficient (Wildman–Crippen LogP) is 4.61. The minimum absolute atomic E-state index is 0.0372. The van der Waals surface area contributed by atoms with E-state index in [0.29, 0.717) is 22.9 Å². The van der Waals surface area contributed by atoms with Crippen LogP contribution >= 0.6 is 11.3 Å². The molecule has 1 aromatic heterocycles. The molecule has 0 spiro atoms. The Morgan fingerprint density at radius 3 is 2.52 bits per heavy atom. The summed E-state index contributed by atoms with van der Waals surface area (Å²) < 4.78 is 36.9. The first-order valence-electron chi connectivity index (χ1n) is 12.8. The number of hydrogen-bond acceptors (Lipinski definition) is 9. The van der Waals surface area contributed by atoms with Gasteiger partial charge in [-0.25, -0.2) is 18.0 Å². The van der Waals surface area contributed by atoms with Gasteiger partial charge in [-0.1, -0.05) is 19.1 Å². The van der Waals surface area contributed by atoms with E-state index >= 15 is 0 Å². The maximum atomic E-state index is 13.1. The molecule has 1 aliphatic heterocycles. The summed E-state index contributed by atoms with van der Waals surface area (Å²) in [4.78, 5) is 51.8. The average Bonchev–Trinajstić information content (AvgIpc) is 3.26. The summed E-state index contributed by atoms with van der Waals surface area (Å²) in [6.07, 6.45) is 2.08. The molecule has 208 valence electrons. The molecule has 40 heavy (non-hydrogen) atoms. The van der Waals surface area contributed by atoms with Gasteiger partial charge in [-0.05, 0) is 74.9 Å². The van der Waals surface area contributed by atoms with Crippen LogP contribution in [0.4, 0.5) is 5.00 Å². The third-order valence-electron chi connectivity index (χ3n) is 6.82. The summed E-state index contributed by atoms with van der Waals surface area (Å²) in [5, 5.41) is 3.03. The number of thiophene rings is 1. The number of sulfone groups is 1. The maximum absolute atomic E-state index is 13.1. The third-order valence-corrected chi connectivity index (χ3v) is 9.84. The van der Waals surface area contributed by atoms with Gasteiger partial charge in [0.15, 0.2) is 12.4 Å². The number of ether oxygens (including phenoxy) is 2. The predicted molar refractivity (Wildman–Crippen MR) is 147 cm³/mol. The molecule has 2 heterocycles. The lowest BCUT2D eigenvalue weighted by atomic mass is 9.88. The molecule has 5 rings (SSSR count). The van der Waals surface area contributed by atoms with Crippen molar-refractivity contribution in [3.8, 4) is 0 Å². The van der Waals surface area contributed by atoms with Gasteiger partial charge in [0.05, 0.1) is 27.0 Å². The van der Waals surface area contributed by atoms with Crippen molar-refractivity contribution in [2.75, 3.05) is 11.9 Å². The Morgan fingerprint density at radius 1 is 1.05 bits per heavy atom. The van der Waals surface area contributed by atoms with E-state index in [9.17, 15) is 27.6 Å². The number of hydrogen-bond donors (Lipinski definition) is 1. The summed E-state index contributed by atoms with van der Waals surface area (Å²) in [5.74, 6) is -2.11. The second kappa shape index (κ2) is 10.6. The topological polar surface area (TPSA) is 133 Å².